The summed E-state index contributed by atoms with van der Waals surface area (Å²) < 4.78 is 10.9. The van der Waals surface area contributed by atoms with Gasteiger partial charge in [0.1, 0.15) is 0 Å². The average molecular weight is 428 g/mol. The van der Waals surface area contributed by atoms with E-state index in [4.69, 9.17) is 9.47 Å². The maximum Gasteiger partial charge on any atom is 0.235 e. The van der Waals surface area contributed by atoms with E-state index in [1.54, 1.807) is 0 Å². The van der Waals surface area contributed by atoms with E-state index in [2.05, 4.69) is 10.6 Å². The molecule has 0 saturated heterocycles. The molecule has 162 valence electrons. The molecule has 0 radical (unpaired) electrons. The Kier molecular flexibility index (Phi) is 4.85. The van der Waals surface area contributed by atoms with Crippen molar-refractivity contribution < 1.29 is 19.1 Å². The van der Waals surface area contributed by atoms with Crippen LogP contribution in [0.2, 0.25) is 0 Å². The first-order valence-corrected chi connectivity index (χ1v) is 10.6. The minimum atomic E-state index is -0.522. The molecule has 0 spiro atoms. The van der Waals surface area contributed by atoms with Gasteiger partial charge in [-0.25, -0.2) is 0 Å². The number of rotatable bonds is 5. The van der Waals surface area contributed by atoms with Gasteiger partial charge in [0.15, 0.2) is 11.5 Å². The highest BCUT2D eigenvalue weighted by atomic mass is 16.7. The zero-order valence-electron chi connectivity index (χ0n) is 18.0. The summed E-state index contributed by atoms with van der Waals surface area (Å²) >= 11 is 0. The molecule has 3 aromatic rings. The first kappa shape index (κ1) is 20.1. The van der Waals surface area contributed by atoms with Gasteiger partial charge in [0, 0.05) is 18.3 Å². The number of fused-ring (bicyclic) bond motifs is 1. The van der Waals surface area contributed by atoms with Crippen LogP contribution < -0.4 is 20.1 Å². The van der Waals surface area contributed by atoms with E-state index in [1.165, 1.54) is 6.92 Å². The van der Waals surface area contributed by atoms with Crippen LogP contribution in [0.15, 0.2) is 60.7 Å². The number of hydrogen-bond donors (Lipinski definition) is 2. The molecule has 3 aromatic carbocycles. The van der Waals surface area contributed by atoms with E-state index in [-0.39, 0.29) is 18.6 Å². The smallest absolute Gasteiger partial charge is 0.235 e. The van der Waals surface area contributed by atoms with Crippen molar-refractivity contribution in [1.29, 1.82) is 0 Å². The lowest BCUT2D eigenvalue weighted by atomic mass is 9.94. The standard InChI is InChI=1S/C26H24N2O4/c1-16-3-7-21(14-22(16)18-4-8-20(9-5-18)27-17(2)29)28-25(30)26(11-12-26)19-6-10-23-24(13-19)32-15-31-23/h3-10,13-14H,11-12,15H2,1-2H3,(H,27,29)(H,28,30). The summed E-state index contributed by atoms with van der Waals surface area (Å²) in [7, 11) is 0. The second-order valence-electron chi connectivity index (χ2n) is 8.39. The third kappa shape index (κ3) is 3.68. The van der Waals surface area contributed by atoms with Gasteiger partial charge in [0.05, 0.1) is 5.41 Å². The Morgan fingerprint density at radius 2 is 1.56 bits per heavy atom. The second kappa shape index (κ2) is 7.71. The van der Waals surface area contributed by atoms with Crippen LogP contribution in [-0.2, 0) is 15.0 Å². The third-order valence-electron chi connectivity index (χ3n) is 6.12. The lowest BCUT2D eigenvalue weighted by Crippen LogP contribution is -2.27. The van der Waals surface area contributed by atoms with Crippen LogP contribution in [0.4, 0.5) is 11.4 Å². The zero-order valence-corrected chi connectivity index (χ0v) is 18.0. The van der Waals surface area contributed by atoms with Crippen LogP contribution in [0.5, 0.6) is 11.5 Å². The number of nitrogens with one attached hydrogen (secondary N) is 2. The van der Waals surface area contributed by atoms with Gasteiger partial charge in [-0.05, 0) is 78.4 Å². The average Bonchev–Trinajstić information content (AvgIpc) is 3.46. The summed E-state index contributed by atoms with van der Waals surface area (Å²) in [5.74, 6) is 1.31. The molecule has 2 amide bonds. The number of ether oxygens (including phenoxy) is 2. The second-order valence-corrected chi connectivity index (χ2v) is 8.39. The maximum atomic E-state index is 13.3. The molecule has 0 unspecified atom stereocenters. The van der Waals surface area contributed by atoms with E-state index in [0.29, 0.717) is 5.75 Å². The predicted molar refractivity (Wildman–Crippen MR) is 123 cm³/mol. The van der Waals surface area contributed by atoms with Gasteiger partial charge in [-0.1, -0.05) is 24.3 Å². The van der Waals surface area contributed by atoms with E-state index in [1.807, 2.05) is 67.6 Å². The first-order chi connectivity index (χ1) is 15.4. The Balaban J connectivity index is 1.37. The van der Waals surface area contributed by atoms with Crippen molar-refractivity contribution in [3.05, 3.63) is 71.8 Å². The Morgan fingerprint density at radius 3 is 2.28 bits per heavy atom. The van der Waals surface area contributed by atoms with Crippen LogP contribution in [0, 0.1) is 6.92 Å². The molecule has 6 heteroatoms. The molecule has 1 aliphatic carbocycles. The number of amides is 2. The van der Waals surface area contributed by atoms with Crippen molar-refractivity contribution >= 4 is 23.2 Å². The Bertz CT molecular complexity index is 1210. The van der Waals surface area contributed by atoms with E-state index in [9.17, 15) is 9.59 Å². The molecule has 0 aromatic heterocycles. The first-order valence-electron chi connectivity index (χ1n) is 10.6. The van der Waals surface area contributed by atoms with Crippen LogP contribution in [0.3, 0.4) is 0 Å². The monoisotopic (exact) mass is 428 g/mol. The summed E-state index contributed by atoms with van der Waals surface area (Å²) in [6.45, 7) is 3.74. The van der Waals surface area contributed by atoms with Crippen LogP contribution in [0.25, 0.3) is 11.1 Å². The molecule has 1 saturated carbocycles. The van der Waals surface area contributed by atoms with Crippen molar-refractivity contribution in [2.24, 2.45) is 0 Å². The molecule has 32 heavy (non-hydrogen) atoms. The molecule has 0 atom stereocenters. The van der Waals surface area contributed by atoms with Gasteiger partial charge in [-0.15, -0.1) is 0 Å². The van der Waals surface area contributed by atoms with Gasteiger partial charge in [0.25, 0.3) is 0 Å². The molecular formula is C26H24N2O4. The minimum absolute atomic E-state index is 0.00725. The molecule has 5 rings (SSSR count). The maximum absolute atomic E-state index is 13.3. The number of benzene rings is 3. The van der Waals surface area contributed by atoms with E-state index in [0.717, 1.165) is 52.2 Å². The summed E-state index contributed by atoms with van der Waals surface area (Å²) in [6, 6.07) is 19.4. The summed E-state index contributed by atoms with van der Waals surface area (Å²) in [6.07, 6.45) is 1.61. The SMILES string of the molecule is CC(=O)Nc1ccc(-c2cc(NC(=O)C3(c4ccc5c(c4)OCO5)CC3)ccc2C)cc1. The molecule has 1 heterocycles. The molecule has 2 aliphatic rings. The number of aryl methyl sites for hydroxylation is 1. The van der Waals surface area contributed by atoms with Crippen molar-refractivity contribution in [3.63, 3.8) is 0 Å². The fourth-order valence-electron chi connectivity index (χ4n) is 4.16. The fraction of sp³-hybridized carbons (Fsp3) is 0.231. The van der Waals surface area contributed by atoms with Gasteiger partial charge in [0.2, 0.25) is 18.6 Å². The van der Waals surface area contributed by atoms with Gasteiger partial charge >= 0.3 is 0 Å². The lowest BCUT2D eigenvalue weighted by molar-refractivity contribution is -0.118. The predicted octanol–water partition coefficient (Wildman–Crippen LogP) is 5.02. The van der Waals surface area contributed by atoms with Crippen LogP contribution in [-0.4, -0.2) is 18.6 Å². The quantitative estimate of drug-likeness (QED) is 0.598. The molecule has 6 nitrogen and oxygen atoms in total. The highest BCUT2D eigenvalue weighted by molar-refractivity contribution is 6.02. The Morgan fingerprint density at radius 1 is 0.844 bits per heavy atom. The lowest BCUT2D eigenvalue weighted by Gasteiger charge is -2.17. The Labute approximate surface area is 186 Å². The van der Waals surface area contributed by atoms with Gasteiger partial charge in [-0.2, -0.15) is 0 Å². The molecule has 2 N–H and O–H groups in total. The van der Waals surface area contributed by atoms with Crippen molar-refractivity contribution in [2.75, 3.05) is 17.4 Å². The number of carbonyl (C=O) groups is 2. The number of carbonyl (C=O) groups excluding carboxylic acids is 2. The normalized spacial score (nSPS) is 15.2. The van der Waals surface area contributed by atoms with E-state index >= 15 is 0 Å². The largest absolute Gasteiger partial charge is 0.454 e. The number of hydrogen-bond acceptors (Lipinski definition) is 4. The Hall–Kier alpha value is -3.80. The summed E-state index contributed by atoms with van der Waals surface area (Å²) in [5, 5.41) is 5.90. The van der Waals surface area contributed by atoms with Crippen molar-refractivity contribution in [3.8, 4) is 22.6 Å². The molecule has 0 bridgehead atoms. The van der Waals surface area contributed by atoms with Crippen LogP contribution >= 0.6 is 0 Å². The molecular weight excluding hydrogens is 404 g/mol. The highest BCUT2D eigenvalue weighted by Gasteiger charge is 2.51. The topological polar surface area (TPSA) is 76.7 Å². The van der Waals surface area contributed by atoms with Gasteiger partial charge < -0.3 is 20.1 Å². The third-order valence-corrected chi connectivity index (χ3v) is 6.12. The summed E-state index contributed by atoms with van der Waals surface area (Å²) in [5.41, 5.74) is 5.10. The molecule has 1 aliphatic heterocycles. The van der Waals surface area contributed by atoms with Crippen molar-refractivity contribution in [2.45, 2.75) is 32.1 Å². The zero-order chi connectivity index (χ0) is 22.3. The van der Waals surface area contributed by atoms with Crippen molar-refractivity contribution in [1.82, 2.24) is 0 Å². The number of anilines is 2. The van der Waals surface area contributed by atoms with Crippen LogP contribution in [0.1, 0.15) is 30.9 Å². The summed E-state index contributed by atoms with van der Waals surface area (Å²) in [4.78, 5) is 24.5. The minimum Gasteiger partial charge on any atom is -0.454 e. The van der Waals surface area contributed by atoms with E-state index < -0.39 is 5.41 Å². The fourth-order valence-corrected chi connectivity index (χ4v) is 4.16. The van der Waals surface area contributed by atoms with Gasteiger partial charge in [-0.3, -0.25) is 9.59 Å². The highest BCUT2D eigenvalue weighted by Crippen LogP contribution is 2.51. The molecule has 1 fully saturated rings.